The highest BCUT2D eigenvalue weighted by Gasteiger charge is 2.30. The van der Waals surface area contributed by atoms with Crippen LogP contribution in [0.4, 0.5) is 0 Å². The van der Waals surface area contributed by atoms with Crippen LogP contribution in [0.1, 0.15) is 13.8 Å². The molecule has 4 nitrogen and oxygen atoms in total. The Balaban J connectivity index is 4.21. The molecule has 1 atom stereocenters. The summed E-state index contributed by atoms with van der Waals surface area (Å²) in [6.45, 7) is 4.04. The summed E-state index contributed by atoms with van der Waals surface area (Å²) in [7, 11) is 3.16. The molecule has 0 spiro atoms. The third-order valence-corrected chi connectivity index (χ3v) is 2.77. The van der Waals surface area contributed by atoms with E-state index in [9.17, 15) is 9.90 Å². The van der Waals surface area contributed by atoms with Crippen LogP contribution >= 0.6 is 11.6 Å². The summed E-state index contributed by atoms with van der Waals surface area (Å²) in [5.74, 6) is 0.184. The van der Waals surface area contributed by atoms with E-state index in [1.807, 2.05) is 0 Å². The number of aliphatic hydroxyl groups excluding tert-OH is 1. The molecule has 0 bridgehead atoms. The van der Waals surface area contributed by atoms with Gasteiger partial charge in [0.05, 0.1) is 18.1 Å². The van der Waals surface area contributed by atoms with Crippen LogP contribution in [0.5, 0.6) is 0 Å². The van der Waals surface area contributed by atoms with Gasteiger partial charge in [-0.15, -0.1) is 11.6 Å². The Morgan fingerprint density at radius 3 is 2.53 bits per heavy atom. The fraction of sp³-hybridized carbons (Fsp3) is 0.900. The normalized spacial score (nSPS) is 13.7. The quantitative estimate of drug-likeness (QED) is 0.693. The van der Waals surface area contributed by atoms with Crippen molar-refractivity contribution in [3.05, 3.63) is 0 Å². The minimum atomic E-state index is -0.657. The molecule has 0 saturated heterocycles. The van der Waals surface area contributed by atoms with E-state index in [-0.39, 0.29) is 24.9 Å². The van der Waals surface area contributed by atoms with Crippen LogP contribution in [0.25, 0.3) is 0 Å². The van der Waals surface area contributed by atoms with Crippen molar-refractivity contribution in [2.75, 3.05) is 33.2 Å². The van der Waals surface area contributed by atoms with E-state index in [0.717, 1.165) is 0 Å². The fourth-order valence-corrected chi connectivity index (χ4v) is 1.33. The largest absolute Gasteiger partial charge is 0.389 e. The molecule has 0 heterocycles. The second kappa shape index (κ2) is 6.30. The average molecular weight is 238 g/mol. The van der Waals surface area contributed by atoms with Gasteiger partial charge in [0.2, 0.25) is 5.91 Å². The molecule has 0 rings (SSSR count). The van der Waals surface area contributed by atoms with Crippen LogP contribution in [-0.4, -0.2) is 55.2 Å². The lowest BCUT2D eigenvalue weighted by Crippen LogP contribution is -2.43. The molecule has 0 aromatic rings. The number of aliphatic hydroxyl groups is 1. The highest BCUT2D eigenvalue weighted by molar-refractivity contribution is 6.19. The van der Waals surface area contributed by atoms with Crippen LogP contribution in [0.2, 0.25) is 0 Å². The van der Waals surface area contributed by atoms with Gasteiger partial charge >= 0.3 is 0 Å². The van der Waals surface area contributed by atoms with Gasteiger partial charge in [0.25, 0.3) is 0 Å². The molecule has 15 heavy (non-hydrogen) atoms. The monoisotopic (exact) mass is 237 g/mol. The van der Waals surface area contributed by atoms with E-state index in [4.69, 9.17) is 16.3 Å². The first-order valence-corrected chi connectivity index (χ1v) is 5.37. The Morgan fingerprint density at radius 2 is 2.13 bits per heavy atom. The van der Waals surface area contributed by atoms with Gasteiger partial charge in [-0.1, -0.05) is 0 Å². The highest BCUT2D eigenvalue weighted by atomic mass is 35.5. The molecule has 1 amide bonds. The van der Waals surface area contributed by atoms with Gasteiger partial charge < -0.3 is 14.7 Å². The molecule has 90 valence electrons. The maximum absolute atomic E-state index is 11.8. The van der Waals surface area contributed by atoms with Gasteiger partial charge in [0, 0.05) is 26.6 Å². The maximum Gasteiger partial charge on any atom is 0.229 e. The van der Waals surface area contributed by atoms with E-state index in [1.54, 1.807) is 20.9 Å². The van der Waals surface area contributed by atoms with Crippen LogP contribution in [0.3, 0.4) is 0 Å². The third-order valence-electron chi connectivity index (χ3n) is 2.10. The van der Waals surface area contributed by atoms with Crippen LogP contribution in [-0.2, 0) is 9.53 Å². The van der Waals surface area contributed by atoms with Gasteiger partial charge in [-0.2, -0.15) is 0 Å². The summed E-state index contributed by atoms with van der Waals surface area (Å²) < 4.78 is 4.78. The number of amides is 1. The van der Waals surface area contributed by atoms with Crippen molar-refractivity contribution < 1.29 is 14.6 Å². The molecule has 0 aliphatic carbocycles. The zero-order valence-electron chi connectivity index (χ0n) is 9.79. The predicted molar refractivity (Wildman–Crippen MR) is 60.0 cm³/mol. The Bertz CT molecular complexity index is 209. The van der Waals surface area contributed by atoms with E-state index in [1.165, 1.54) is 12.0 Å². The smallest absolute Gasteiger partial charge is 0.229 e. The van der Waals surface area contributed by atoms with Crippen molar-refractivity contribution in [3.8, 4) is 0 Å². The SMILES string of the molecule is COCC(O)CN(C)C(=O)C(C)(C)CCl. The number of carbonyl (C=O) groups excluding carboxylic acids is 1. The number of halogens is 1. The van der Waals surface area contributed by atoms with Gasteiger partial charge in [-0.25, -0.2) is 0 Å². The standard InChI is InChI=1S/C10H20ClNO3/c1-10(2,7-11)9(14)12(3)5-8(13)6-15-4/h8,13H,5-7H2,1-4H3. The molecular weight excluding hydrogens is 218 g/mol. The lowest BCUT2D eigenvalue weighted by molar-refractivity contribution is -0.139. The number of alkyl halides is 1. The van der Waals surface area contributed by atoms with Crippen molar-refractivity contribution >= 4 is 17.5 Å². The molecule has 0 aliphatic rings. The average Bonchev–Trinajstić information content (AvgIpc) is 2.16. The van der Waals surface area contributed by atoms with Crippen molar-refractivity contribution in [1.29, 1.82) is 0 Å². The molecular formula is C10H20ClNO3. The molecule has 1 N–H and O–H groups in total. The zero-order valence-corrected chi connectivity index (χ0v) is 10.5. The summed E-state index contributed by atoms with van der Waals surface area (Å²) in [4.78, 5) is 13.3. The summed E-state index contributed by atoms with van der Waals surface area (Å²) in [6, 6.07) is 0. The number of methoxy groups -OCH3 is 1. The molecule has 0 aromatic carbocycles. The third kappa shape index (κ3) is 4.82. The summed E-state index contributed by atoms with van der Waals surface area (Å²) in [5, 5.41) is 9.46. The molecule has 0 fully saturated rings. The lowest BCUT2D eigenvalue weighted by atomic mass is 9.94. The zero-order chi connectivity index (χ0) is 12.1. The molecule has 1 unspecified atom stereocenters. The van der Waals surface area contributed by atoms with E-state index in [0.29, 0.717) is 0 Å². The summed E-state index contributed by atoms with van der Waals surface area (Å²) >= 11 is 5.70. The number of likely N-dealkylation sites (N-methyl/N-ethyl adjacent to an activating group) is 1. The molecule has 0 radical (unpaired) electrons. The first-order valence-electron chi connectivity index (χ1n) is 4.83. The van der Waals surface area contributed by atoms with Gasteiger partial charge in [-0.3, -0.25) is 4.79 Å². The molecule has 5 heteroatoms. The minimum Gasteiger partial charge on any atom is -0.389 e. The predicted octanol–water partition coefficient (Wildman–Crippen LogP) is 0.717. The number of hydrogen-bond acceptors (Lipinski definition) is 3. The minimum absolute atomic E-state index is 0.0762. The number of hydrogen-bond donors (Lipinski definition) is 1. The number of ether oxygens (including phenoxy) is 1. The molecule has 0 aromatic heterocycles. The second-order valence-electron chi connectivity index (χ2n) is 4.31. The van der Waals surface area contributed by atoms with E-state index < -0.39 is 11.5 Å². The van der Waals surface area contributed by atoms with Crippen LogP contribution in [0.15, 0.2) is 0 Å². The lowest BCUT2D eigenvalue weighted by Gasteiger charge is -2.28. The molecule has 0 aliphatic heterocycles. The Morgan fingerprint density at radius 1 is 1.60 bits per heavy atom. The topological polar surface area (TPSA) is 49.8 Å². The first-order chi connectivity index (χ1) is 6.85. The van der Waals surface area contributed by atoms with Gasteiger partial charge in [-0.05, 0) is 13.8 Å². The fourth-order valence-electron chi connectivity index (χ4n) is 1.22. The number of carbonyl (C=O) groups is 1. The van der Waals surface area contributed by atoms with Crippen LogP contribution in [0, 0.1) is 5.41 Å². The highest BCUT2D eigenvalue weighted by Crippen LogP contribution is 2.19. The van der Waals surface area contributed by atoms with Gasteiger partial charge in [0.1, 0.15) is 0 Å². The number of nitrogens with zero attached hydrogens (tertiary/aromatic N) is 1. The van der Waals surface area contributed by atoms with Crippen molar-refractivity contribution in [2.24, 2.45) is 5.41 Å². The van der Waals surface area contributed by atoms with Gasteiger partial charge in [0.15, 0.2) is 0 Å². The second-order valence-corrected chi connectivity index (χ2v) is 4.58. The number of rotatable bonds is 6. The van der Waals surface area contributed by atoms with Crippen molar-refractivity contribution in [1.82, 2.24) is 4.90 Å². The van der Waals surface area contributed by atoms with Crippen LogP contribution < -0.4 is 0 Å². The Labute approximate surface area is 96.2 Å². The van der Waals surface area contributed by atoms with Crippen molar-refractivity contribution in [3.63, 3.8) is 0 Å². The summed E-state index contributed by atoms with van der Waals surface area (Å²) in [6.07, 6.45) is -0.657. The molecule has 0 saturated carbocycles. The Hall–Kier alpha value is -0.320. The van der Waals surface area contributed by atoms with Crippen molar-refractivity contribution in [2.45, 2.75) is 20.0 Å². The summed E-state index contributed by atoms with van der Waals surface area (Å²) in [5.41, 5.74) is -0.594. The van der Waals surface area contributed by atoms with E-state index in [2.05, 4.69) is 0 Å². The van der Waals surface area contributed by atoms with E-state index >= 15 is 0 Å². The maximum atomic E-state index is 11.8. The first kappa shape index (κ1) is 14.7. The Kier molecular flexibility index (Phi) is 6.17.